The number of anilines is 2. The third-order valence-electron chi connectivity index (χ3n) is 6.84. The molecule has 4 aromatic rings. The van der Waals surface area contributed by atoms with Crippen LogP contribution in [0, 0.1) is 12.7 Å². The van der Waals surface area contributed by atoms with E-state index in [1.165, 1.54) is 6.20 Å². The standard InChI is InChI=1S/C26H22FN5O3/c1-15-8-24(30-6-3-7-30)29-11-23(15)32-13-18(26(34)35)25(33)17-9-19(27)22(10-21(17)32)31-12-16-4-2-5-28-20(16)14-31/h2,4-5,8-11,13H,3,6-7,12,14H2,1H3,(H,34,35). The number of hydrogen-bond acceptors (Lipinski definition) is 6. The van der Waals surface area contributed by atoms with E-state index in [9.17, 15) is 14.7 Å². The molecule has 0 aliphatic carbocycles. The van der Waals surface area contributed by atoms with Crippen LogP contribution in [0.25, 0.3) is 16.6 Å². The second kappa shape index (κ2) is 7.90. The van der Waals surface area contributed by atoms with Gasteiger partial charge in [-0.05, 0) is 48.7 Å². The maximum absolute atomic E-state index is 15.3. The number of rotatable bonds is 4. The minimum Gasteiger partial charge on any atom is -0.477 e. The Hall–Kier alpha value is -4.27. The van der Waals surface area contributed by atoms with Gasteiger partial charge in [-0.1, -0.05) is 6.07 Å². The lowest BCUT2D eigenvalue weighted by molar-refractivity contribution is 0.0695. The number of carboxylic acids is 1. The second-order valence-corrected chi connectivity index (χ2v) is 9.00. The fourth-order valence-electron chi connectivity index (χ4n) is 4.80. The molecule has 0 amide bonds. The molecule has 1 aromatic carbocycles. The lowest BCUT2D eigenvalue weighted by atomic mass is 10.1. The van der Waals surface area contributed by atoms with Crippen molar-refractivity contribution in [2.75, 3.05) is 22.9 Å². The van der Waals surface area contributed by atoms with Crippen LogP contribution >= 0.6 is 0 Å². The molecule has 5 heterocycles. The Bertz CT molecular complexity index is 1550. The Morgan fingerprint density at radius 1 is 1.09 bits per heavy atom. The molecule has 8 nitrogen and oxygen atoms in total. The van der Waals surface area contributed by atoms with Gasteiger partial charge in [0.15, 0.2) is 0 Å². The van der Waals surface area contributed by atoms with Gasteiger partial charge in [0.25, 0.3) is 0 Å². The molecule has 9 heteroatoms. The quantitative estimate of drug-likeness (QED) is 0.486. The van der Waals surface area contributed by atoms with Gasteiger partial charge in [-0.25, -0.2) is 14.2 Å². The largest absolute Gasteiger partial charge is 0.477 e. The minimum atomic E-state index is -1.36. The fraction of sp³-hybridized carbons (Fsp3) is 0.231. The molecule has 0 atom stereocenters. The summed E-state index contributed by atoms with van der Waals surface area (Å²) in [6.07, 6.45) is 5.82. The van der Waals surface area contributed by atoms with E-state index in [-0.39, 0.29) is 5.39 Å². The Labute approximate surface area is 199 Å². The first-order valence-electron chi connectivity index (χ1n) is 11.4. The zero-order chi connectivity index (χ0) is 24.3. The van der Waals surface area contributed by atoms with E-state index >= 15 is 4.39 Å². The lowest BCUT2D eigenvalue weighted by Crippen LogP contribution is -2.37. The van der Waals surface area contributed by atoms with Gasteiger partial charge < -0.3 is 19.5 Å². The van der Waals surface area contributed by atoms with Crippen LogP contribution in [0.2, 0.25) is 0 Å². The van der Waals surface area contributed by atoms with Gasteiger partial charge in [0.2, 0.25) is 5.43 Å². The van der Waals surface area contributed by atoms with E-state index in [0.717, 1.165) is 48.2 Å². The number of aromatic nitrogens is 3. The summed E-state index contributed by atoms with van der Waals surface area (Å²) in [5.74, 6) is -1.09. The van der Waals surface area contributed by atoms with Crippen LogP contribution in [0.1, 0.15) is 33.6 Å². The average Bonchev–Trinajstić information content (AvgIpc) is 3.22. The molecule has 2 aliphatic heterocycles. The van der Waals surface area contributed by atoms with E-state index in [4.69, 9.17) is 0 Å². The van der Waals surface area contributed by atoms with Crippen molar-refractivity contribution in [3.63, 3.8) is 0 Å². The van der Waals surface area contributed by atoms with Crippen molar-refractivity contribution in [1.29, 1.82) is 0 Å². The molecule has 176 valence electrons. The number of aryl methyl sites for hydroxylation is 1. The van der Waals surface area contributed by atoms with Gasteiger partial charge in [0.05, 0.1) is 35.3 Å². The van der Waals surface area contributed by atoms with Crippen molar-refractivity contribution in [3.8, 4) is 5.69 Å². The van der Waals surface area contributed by atoms with Crippen molar-refractivity contribution in [1.82, 2.24) is 14.5 Å². The van der Waals surface area contributed by atoms with Gasteiger partial charge in [0, 0.05) is 37.4 Å². The van der Waals surface area contributed by atoms with E-state index in [2.05, 4.69) is 14.9 Å². The average molecular weight is 471 g/mol. The van der Waals surface area contributed by atoms with E-state index in [1.807, 2.05) is 30.0 Å². The highest BCUT2D eigenvalue weighted by Gasteiger charge is 2.25. The van der Waals surface area contributed by atoms with E-state index < -0.39 is 22.8 Å². The van der Waals surface area contributed by atoms with Crippen molar-refractivity contribution >= 4 is 28.4 Å². The van der Waals surface area contributed by atoms with Crippen LogP contribution in [-0.2, 0) is 13.1 Å². The maximum Gasteiger partial charge on any atom is 0.341 e. The van der Waals surface area contributed by atoms with Gasteiger partial charge in [-0.15, -0.1) is 0 Å². The summed E-state index contributed by atoms with van der Waals surface area (Å²) in [6, 6.07) is 8.52. The molecule has 0 spiro atoms. The molecule has 3 aromatic heterocycles. The van der Waals surface area contributed by atoms with Crippen LogP contribution in [0.15, 0.2) is 53.7 Å². The predicted molar refractivity (Wildman–Crippen MR) is 130 cm³/mol. The Kier molecular flexibility index (Phi) is 4.80. The first-order valence-corrected chi connectivity index (χ1v) is 11.4. The zero-order valence-electron chi connectivity index (χ0n) is 19.0. The fourth-order valence-corrected chi connectivity index (χ4v) is 4.80. The molecule has 1 saturated heterocycles. The van der Waals surface area contributed by atoms with Crippen molar-refractivity contribution in [2.24, 2.45) is 0 Å². The topological polar surface area (TPSA) is 91.6 Å². The Morgan fingerprint density at radius 2 is 1.91 bits per heavy atom. The highest BCUT2D eigenvalue weighted by Crippen LogP contribution is 2.33. The number of halogens is 1. The van der Waals surface area contributed by atoms with Gasteiger partial charge >= 0.3 is 5.97 Å². The molecule has 0 saturated carbocycles. The summed E-state index contributed by atoms with van der Waals surface area (Å²) in [6.45, 7) is 4.75. The molecular weight excluding hydrogens is 449 g/mol. The Balaban J connectivity index is 1.54. The zero-order valence-corrected chi connectivity index (χ0v) is 19.0. The van der Waals surface area contributed by atoms with E-state index in [1.54, 1.807) is 23.0 Å². The molecule has 0 unspecified atom stereocenters. The third-order valence-corrected chi connectivity index (χ3v) is 6.84. The summed E-state index contributed by atoms with van der Waals surface area (Å²) in [5.41, 5.74) is 3.01. The Morgan fingerprint density at radius 3 is 2.60 bits per heavy atom. The number of hydrogen-bond donors (Lipinski definition) is 1. The normalized spacial score (nSPS) is 14.8. The molecule has 1 N–H and O–H groups in total. The number of pyridine rings is 3. The SMILES string of the molecule is Cc1cc(N2CCC2)ncc1-n1cc(C(=O)O)c(=O)c2cc(F)c(N3Cc4cccnc4C3)cc21. The summed E-state index contributed by atoms with van der Waals surface area (Å²) in [4.78, 5) is 37.8. The maximum atomic E-state index is 15.3. The highest BCUT2D eigenvalue weighted by atomic mass is 19.1. The molecule has 35 heavy (non-hydrogen) atoms. The number of carbonyl (C=O) groups is 1. The number of carboxylic acid groups (broad SMARTS) is 1. The number of nitrogens with zero attached hydrogens (tertiary/aromatic N) is 5. The first-order chi connectivity index (χ1) is 16.9. The van der Waals surface area contributed by atoms with Crippen LogP contribution in [0.3, 0.4) is 0 Å². The number of aromatic carboxylic acids is 1. The second-order valence-electron chi connectivity index (χ2n) is 9.00. The van der Waals surface area contributed by atoms with Crippen LogP contribution in [0.4, 0.5) is 15.9 Å². The van der Waals surface area contributed by atoms with Crippen LogP contribution in [-0.4, -0.2) is 38.7 Å². The first kappa shape index (κ1) is 21.3. The van der Waals surface area contributed by atoms with Crippen LogP contribution < -0.4 is 15.2 Å². The molecule has 1 fully saturated rings. The highest BCUT2D eigenvalue weighted by molar-refractivity contribution is 5.94. The van der Waals surface area contributed by atoms with Gasteiger partial charge in [-0.3, -0.25) is 9.78 Å². The van der Waals surface area contributed by atoms with Crippen molar-refractivity contribution < 1.29 is 14.3 Å². The number of fused-ring (bicyclic) bond motifs is 2. The van der Waals surface area contributed by atoms with Crippen molar-refractivity contribution in [3.05, 3.63) is 87.3 Å². The van der Waals surface area contributed by atoms with Crippen molar-refractivity contribution in [2.45, 2.75) is 26.4 Å². The van der Waals surface area contributed by atoms with Gasteiger partial charge in [0.1, 0.15) is 17.2 Å². The third kappa shape index (κ3) is 3.42. The summed E-state index contributed by atoms with van der Waals surface area (Å²) >= 11 is 0. The summed E-state index contributed by atoms with van der Waals surface area (Å²) < 4.78 is 17.0. The molecular formula is C26H22FN5O3. The predicted octanol–water partition coefficient (Wildman–Crippen LogP) is 3.66. The summed E-state index contributed by atoms with van der Waals surface area (Å²) in [7, 11) is 0. The minimum absolute atomic E-state index is 0.00667. The lowest BCUT2D eigenvalue weighted by Gasteiger charge is -2.32. The molecule has 2 aliphatic rings. The van der Waals surface area contributed by atoms with E-state index in [0.29, 0.717) is 30.0 Å². The molecule has 0 bridgehead atoms. The number of benzene rings is 1. The molecule has 0 radical (unpaired) electrons. The van der Waals surface area contributed by atoms with Gasteiger partial charge in [-0.2, -0.15) is 0 Å². The molecule has 6 rings (SSSR count). The smallest absolute Gasteiger partial charge is 0.341 e. The monoisotopic (exact) mass is 471 g/mol. The van der Waals surface area contributed by atoms with Crippen LogP contribution in [0.5, 0.6) is 0 Å². The summed E-state index contributed by atoms with van der Waals surface area (Å²) in [5, 5.41) is 9.68.